The van der Waals surface area contributed by atoms with Crippen molar-refractivity contribution in [3.05, 3.63) is 0 Å². The highest BCUT2D eigenvalue weighted by Crippen LogP contribution is 2.11. The number of nitrogens with zero attached hydrogens (tertiary/aromatic N) is 4. The second-order valence-corrected chi connectivity index (χ2v) is 5.47. The van der Waals surface area contributed by atoms with Crippen molar-refractivity contribution in [2.24, 2.45) is 0 Å². The van der Waals surface area contributed by atoms with Gasteiger partial charge in [-0.3, -0.25) is 4.90 Å². The van der Waals surface area contributed by atoms with E-state index in [2.05, 4.69) is 40.6 Å². The maximum absolute atomic E-state index is 2.58. The average Bonchev–Trinajstić information content (AvgIpc) is 2.39. The summed E-state index contributed by atoms with van der Waals surface area (Å²) in [6.07, 6.45) is 0. The van der Waals surface area contributed by atoms with Gasteiger partial charge in [-0.15, -0.1) is 0 Å². The van der Waals surface area contributed by atoms with Crippen LogP contribution in [0.3, 0.4) is 0 Å². The fraction of sp³-hybridized carbons (Fsp3) is 1.00. The van der Waals surface area contributed by atoms with Gasteiger partial charge in [0.25, 0.3) is 0 Å². The van der Waals surface area contributed by atoms with Crippen molar-refractivity contribution in [3.8, 4) is 0 Å². The molecule has 0 atom stereocenters. The van der Waals surface area contributed by atoms with E-state index in [1.54, 1.807) is 0 Å². The van der Waals surface area contributed by atoms with Gasteiger partial charge in [0.15, 0.2) is 0 Å². The Kier molecular flexibility index (Phi) is 4.79. The summed E-state index contributed by atoms with van der Waals surface area (Å²) in [4.78, 5) is 5.12. The van der Waals surface area contributed by atoms with Crippen LogP contribution < -0.4 is 0 Å². The van der Waals surface area contributed by atoms with E-state index in [1.165, 1.54) is 58.9 Å². The van der Waals surface area contributed by atoms with Gasteiger partial charge in [-0.05, 0) is 20.4 Å². The van der Waals surface area contributed by atoms with Crippen LogP contribution in [0.15, 0.2) is 0 Å². The van der Waals surface area contributed by atoms with Crippen LogP contribution in [0.2, 0.25) is 0 Å². The SMILES string of the molecule is CCN1CCN(N2CCN(C(C)C)CC2)CC1. The molecule has 2 saturated heterocycles. The molecule has 17 heavy (non-hydrogen) atoms. The van der Waals surface area contributed by atoms with Crippen LogP contribution in [-0.2, 0) is 0 Å². The molecule has 0 bridgehead atoms. The predicted molar refractivity (Wildman–Crippen MR) is 72.0 cm³/mol. The minimum atomic E-state index is 0.703. The first-order valence-corrected chi connectivity index (χ1v) is 7.17. The lowest BCUT2D eigenvalue weighted by atomic mass is 10.2. The first kappa shape index (κ1) is 13.3. The van der Waals surface area contributed by atoms with Gasteiger partial charge < -0.3 is 4.90 Å². The lowest BCUT2D eigenvalue weighted by Crippen LogP contribution is -2.59. The van der Waals surface area contributed by atoms with E-state index in [1.807, 2.05) is 0 Å². The number of rotatable bonds is 3. The van der Waals surface area contributed by atoms with Crippen molar-refractivity contribution in [2.45, 2.75) is 26.8 Å². The molecule has 0 unspecified atom stereocenters. The first-order valence-electron chi connectivity index (χ1n) is 7.17. The standard InChI is InChI=1S/C13H28N4/c1-4-14-5-9-16(10-6-14)17-11-7-15(8-12-17)13(2)3/h13H,4-12H2,1-3H3. The summed E-state index contributed by atoms with van der Waals surface area (Å²) >= 11 is 0. The van der Waals surface area contributed by atoms with Gasteiger partial charge in [-0.1, -0.05) is 6.92 Å². The maximum Gasteiger partial charge on any atom is 0.0261 e. The zero-order chi connectivity index (χ0) is 12.3. The van der Waals surface area contributed by atoms with Crippen LogP contribution in [0.1, 0.15) is 20.8 Å². The molecule has 0 aromatic heterocycles. The molecule has 0 amide bonds. The van der Waals surface area contributed by atoms with Crippen LogP contribution in [0.25, 0.3) is 0 Å². The second-order valence-electron chi connectivity index (χ2n) is 5.47. The van der Waals surface area contributed by atoms with Gasteiger partial charge >= 0.3 is 0 Å². The first-order chi connectivity index (χ1) is 8.20. The Morgan fingerprint density at radius 2 is 1.24 bits per heavy atom. The van der Waals surface area contributed by atoms with E-state index in [9.17, 15) is 0 Å². The van der Waals surface area contributed by atoms with Gasteiger partial charge in [0.1, 0.15) is 0 Å². The zero-order valence-corrected chi connectivity index (χ0v) is 11.7. The molecule has 2 heterocycles. The Morgan fingerprint density at radius 3 is 1.65 bits per heavy atom. The highest BCUT2D eigenvalue weighted by molar-refractivity contribution is 4.76. The van der Waals surface area contributed by atoms with Crippen molar-refractivity contribution < 1.29 is 0 Å². The number of likely N-dealkylation sites (N-methyl/N-ethyl adjacent to an activating group) is 1. The van der Waals surface area contributed by atoms with Crippen molar-refractivity contribution >= 4 is 0 Å². The van der Waals surface area contributed by atoms with Gasteiger partial charge in [-0.2, -0.15) is 0 Å². The molecule has 2 rings (SSSR count). The predicted octanol–water partition coefficient (Wildman–Crippen LogP) is 0.565. The number of hydrogen-bond donors (Lipinski definition) is 0. The highest BCUT2D eigenvalue weighted by Gasteiger charge is 2.25. The minimum absolute atomic E-state index is 0.703. The fourth-order valence-corrected chi connectivity index (χ4v) is 2.85. The molecule has 0 aromatic carbocycles. The lowest BCUT2D eigenvalue weighted by Gasteiger charge is -2.45. The Balaban J connectivity index is 1.74. The van der Waals surface area contributed by atoms with E-state index in [4.69, 9.17) is 0 Å². The van der Waals surface area contributed by atoms with Crippen LogP contribution in [-0.4, -0.2) is 84.8 Å². The second kappa shape index (κ2) is 6.14. The summed E-state index contributed by atoms with van der Waals surface area (Å²) in [6, 6.07) is 0.703. The third-order valence-electron chi connectivity index (χ3n) is 4.22. The lowest BCUT2D eigenvalue weighted by molar-refractivity contribution is -0.0843. The highest BCUT2D eigenvalue weighted by atomic mass is 15.6. The molecular formula is C13H28N4. The Morgan fingerprint density at radius 1 is 0.765 bits per heavy atom. The van der Waals surface area contributed by atoms with Gasteiger partial charge in [-0.25, -0.2) is 10.0 Å². The number of hydrogen-bond acceptors (Lipinski definition) is 4. The van der Waals surface area contributed by atoms with E-state index < -0.39 is 0 Å². The van der Waals surface area contributed by atoms with Gasteiger partial charge in [0, 0.05) is 58.4 Å². The monoisotopic (exact) mass is 240 g/mol. The van der Waals surface area contributed by atoms with E-state index >= 15 is 0 Å². The summed E-state index contributed by atoms with van der Waals surface area (Å²) in [7, 11) is 0. The molecule has 4 heteroatoms. The molecule has 0 spiro atoms. The third-order valence-corrected chi connectivity index (χ3v) is 4.22. The number of hydrazine groups is 1. The van der Waals surface area contributed by atoms with Crippen LogP contribution in [0, 0.1) is 0 Å². The maximum atomic E-state index is 2.58. The van der Waals surface area contributed by atoms with Crippen molar-refractivity contribution in [1.29, 1.82) is 0 Å². The molecule has 2 fully saturated rings. The minimum Gasteiger partial charge on any atom is -0.301 e. The normalized spacial score (nSPS) is 26.8. The quantitative estimate of drug-likeness (QED) is 0.715. The zero-order valence-electron chi connectivity index (χ0n) is 11.7. The topological polar surface area (TPSA) is 13.0 Å². The average molecular weight is 240 g/mol. The Labute approximate surface area is 106 Å². The Bertz CT molecular complexity index is 215. The molecule has 100 valence electrons. The van der Waals surface area contributed by atoms with Gasteiger partial charge in [0.2, 0.25) is 0 Å². The molecule has 0 N–H and O–H groups in total. The Hall–Kier alpha value is -0.160. The molecular weight excluding hydrogens is 212 g/mol. The van der Waals surface area contributed by atoms with Crippen LogP contribution in [0.4, 0.5) is 0 Å². The van der Waals surface area contributed by atoms with Gasteiger partial charge in [0.05, 0.1) is 0 Å². The molecule has 0 aliphatic carbocycles. The van der Waals surface area contributed by atoms with Crippen LogP contribution >= 0.6 is 0 Å². The summed E-state index contributed by atoms with van der Waals surface area (Å²) in [5, 5.41) is 5.15. The summed E-state index contributed by atoms with van der Waals surface area (Å²) < 4.78 is 0. The fourth-order valence-electron chi connectivity index (χ4n) is 2.85. The summed E-state index contributed by atoms with van der Waals surface area (Å²) in [6.45, 7) is 17.9. The van der Waals surface area contributed by atoms with E-state index in [0.29, 0.717) is 6.04 Å². The largest absolute Gasteiger partial charge is 0.301 e. The van der Waals surface area contributed by atoms with Crippen molar-refractivity contribution in [1.82, 2.24) is 19.8 Å². The van der Waals surface area contributed by atoms with E-state index in [-0.39, 0.29) is 0 Å². The number of piperazine rings is 2. The van der Waals surface area contributed by atoms with Crippen molar-refractivity contribution in [2.75, 3.05) is 58.9 Å². The van der Waals surface area contributed by atoms with Crippen molar-refractivity contribution in [3.63, 3.8) is 0 Å². The third kappa shape index (κ3) is 3.41. The molecule has 4 nitrogen and oxygen atoms in total. The van der Waals surface area contributed by atoms with E-state index in [0.717, 1.165) is 0 Å². The smallest absolute Gasteiger partial charge is 0.0261 e. The molecule has 0 aromatic rings. The summed E-state index contributed by atoms with van der Waals surface area (Å²) in [5.74, 6) is 0. The molecule has 2 aliphatic heterocycles. The molecule has 0 saturated carbocycles. The molecule has 2 aliphatic rings. The van der Waals surface area contributed by atoms with Crippen LogP contribution in [0.5, 0.6) is 0 Å². The summed E-state index contributed by atoms with van der Waals surface area (Å²) in [5.41, 5.74) is 0. The molecule has 0 radical (unpaired) electrons.